The Morgan fingerprint density at radius 2 is 0.347 bits per heavy atom. The molecule has 0 aliphatic carbocycles. The fraction of sp³-hybridized carbons (Fsp3) is 0. The predicted octanol–water partition coefficient (Wildman–Crippen LogP) is 33.2. The van der Waals surface area contributed by atoms with E-state index in [0.717, 1.165) is 163 Å². The van der Waals surface area contributed by atoms with Gasteiger partial charge in [0.2, 0.25) is 0 Å². The van der Waals surface area contributed by atoms with Crippen molar-refractivity contribution in [2.24, 2.45) is 0 Å². The van der Waals surface area contributed by atoms with Gasteiger partial charge in [0.1, 0.15) is 17.5 Å². The Balaban J connectivity index is 0.000000108. The van der Waals surface area contributed by atoms with Gasteiger partial charge in [0, 0.05) is 150 Å². The zero-order valence-electron chi connectivity index (χ0n) is 80.9. The number of aromatic nitrogens is 15. The number of fused-ring (bicyclic) bond motifs is 18. The highest BCUT2D eigenvalue weighted by Crippen LogP contribution is 2.46. The molecule has 30 aromatic rings. The van der Waals surface area contributed by atoms with Crippen molar-refractivity contribution in [1.29, 1.82) is 0 Å². The quantitative estimate of drug-likeness (QED) is 0.0979. The fourth-order valence-electron chi connectivity index (χ4n) is 21.9. The third kappa shape index (κ3) is 15.4. The first-order valence-corrected chi connectivity index (χ1v) is 50.4. The van der Waals surface area contributed by atoms with E-state index in [1.54, 1.807) is 0 Å². The summed E-state index contributed by atoms with van der Waals surface area (Å²) >= 11 is 0. The van der Waals surface area contributed by atoms with E-state index in [1.165, 1.54) is 86.7 Å². The van der Waals surface area contributed by atoms with Crippen molar-refractivity contribution in [3.8, 4) is 136 Å². The highest BCUT2D eigenvalue weighted by atomic mass is 15.1. The van der Waals surface area contributed by atoms with Gasteiger partial charge in [-0.1, -0.05) is 346 Å². The van der Waals surface area contributed by atoms with Gasteiger partial charge in [-0.3, -0.25) is 13.7 Å². The lowest BCUT2D eigenvalue weighted by molar-refractivity contribution is 1.07. The Labute approximate surface area is 861 Å². The molecule has 0 spiro atoms. The van der Waals surface area contributed by atoms with E-state index >= 15 is 0 Å². The molecule has 0 saturated heterocycles. The molecule has 0 unspecified atom stereocenters. The first-order valence-electron chi connectivity index (χ1n) is 50.4. The molecule has 18 aromatic carbocycles. The first kappa shape index (κ1) is 87.3. The molecule has 0 amide bonds. The lowest BCUT2D eigenvalue weighted by Crippen LogP contribution is -2.00. The lowest BCUT2D eigenvalue weighted by Gasteiger charge is -2.12. The maximum absolute atomic E-state index is 5.11. The highest BCUT2D eigenvalue weighted by molar-refractivity contribution is 6.23. The molecule has 150 heavy (non-hydrogen) atoms. The minimum absolute atomic E-state index is 0.641. The predicted molar refractivity (Wildman–Crippen MR) is 614 cm³/mol. The molecule has 12 heterocycles. The van der Waals surface area contributed by atoms with Gasteiger partial charge in [-0.05, 0) is 164 Å². The smallest absolute Gasteiger partial charge is 0.161 e. The van der Waals surface area contributed by atoms with Crippen LogP contribution in [0.1, 0.15) is 0 Å². The van der Waals surface area contributed by atoms with Crippen LogP contribution in [0.15, 0.2) is 528 Å². The van der Waals surface area contributed by atoms with E-state index in [9.17, 15) is 0 Å². The molecule has 702 valence electrons. The summed E-state index contributed by atoms with van der Waals surface area (Å²) in [5.41, 5.74) is 31.2. The lowest BCUT2D eigenvalue weighted by atomic mass is 10.1. The Bertz CT molecular complexity index is 9860. The fourth-order valence-corrected chi connectivity index (χ4v) is 21.9. The van der Waals surface area contributed by atoms with Gasteiger partial charge in [-0.25, -0.2) is 44.9 Å². The van der Waals surface area contributed by atoms with Crippen molar-refractivity contribution in [2.45, 2.75) is 0 Å². The van der Waals surface area contributed by atoms with Crippen LogP contribution >= 0.6 is 0 Å². The summed E-state index contributed by atoms with van der Waals surface area (Å²) in [6.07, 6.45) is 5.63. The van der Waals surface area contributed by atoms with Crippen LogP contribution < -0.4 is 0 Å². The van der Waals surface area contributed by atoms with E-state index in [4.69, 9.17) is 44.9 Å². The van der Waals surface area contributed by atoms with Crippen molar-refractivity contribution in [3.05, 3.63) is 528 Å². The highest BCUT2D eigenvalue weighted by Gasteiger charge is 2.27. The van der Waals surface area contributed by atoms with Crippen molar-refractivity contribution < 1.29 is 0 Å². The van der Waals surface area contributed by atoms with E-state index in [2.05, 4.69) is 416 Å². The van der Waals surface area contributed by atoms with Crippen LogP contribution in [0.4, 0.5) is 0 Å². The minimum Gasteiger partial charge on any atom is -0.309 e. The molecule has 15 heteroatoms. The Hall–Kier alpha value is -20.6. The summed E-state index contributed by atoms with van der Waals surface area (Å²) < 4.78 is 13.9. The second kappa shape index (κ2) is 37.0. The molecule has 0 aliphatic rings. The molecule has 0 aliphatic heterocycles. The molecule has 12 aromatic heterocycles. The average Bonchev–Trinajstić information content (AvgIpc) is 1.57. The second-order valence-electron chi connectivity index (χ2n) is 37.6. The molecule has 0 N–H and O–H groups in total. The molecule has 0 saturated carbocycles. The normalized spacial score (nSPS) is 11.6. The Morgan fingerprint density at radius 3 is 0.620 bits per heavy atom. The summed E-state index contributed by atoms with van der Waals surface area (Å²) in [5.74, 6) is 4.41. The SMILES string of the molecule is c1ccc(-c2cc(-c3ccccc3)nc(-c3ccc(-n4c5ccccc5c5cc6c(cc54)c4ccccc4n6-c4ccccc4)nc3)n2)cc1.c1ccc(-c2cc(-c3ccccc3)nc(-c3ccnc(-n4c5ccccc5c5cc6c7ccccc7n(-c7ccccc7)c6cc54)c3)n2)cc1.c1ccc(-c2cc(-c3ccccc3)nc(-c3ccnc(-n4c5ccccc5c5cc6c7ccccc7n(-c7ccccc7)c6cc54)c3)n2)cc1. The van der Waals surface area contributed by atoms with Gasteiger partial charge in [0.05, 0.1) is 100 Å². The molecular weight excluding hydrogens is 1830 g/mol. The number of rotatable bonds is 15. The van der Waals surface area contributed by atoms with Crippen molar-refractivity contribution in [1.82, 2.24) is 72.3 Å². The van der Waals surface area contributed by atoms with Gasteiger partial charge in [-0.15, -0.1) is 0 Å². The number of benzene rings is 18. The van der Waals surface area contributed by atoms with E-state index in [1.807, 2.05) is 140 Å². The summed E-state index contributed by atoms with van der Waals surface area (Å²) in [6, 6.07) is 178. The van der Waals surface area contributed by atoms with E-state index in [-0.39, 0.29) is 0 Å². The Morgan fingerprint density at radius 1 is 0.127 bits per heavy atom. The first-order chi connectivity index (χ1) is 74.4. The molecule has 0 fully saturated rings. The number of para-hydroxylation sites is 9. The number of pyridine rings is 3. The standard InChI is InChI=1S/3C45H29N5/c1-4-14-30(15-5-1)38-28-39(31-16-6-2-7-17-31)48-45(47-38)32-24-25-44(46-29-32)50-41-23-13-11-21-35(41)37-26-42-36(27-43(37)50)34-20-10-12-22-40(34)49(42)33-18-8-3-9-19-33;2*1-4-14-30(15-5-1)38-28-39(31-16-6-2-7-17-31)48-45(47-38)32-24-25-46-44(26-32)50-41-23-13-11-21-35(41)37-27-36-34-20-10-12-22-40(34)49(42(36)29-43(37)50)33-18-8-3-9-19-33/h3*1-29H. The van der Waals surface area contributed by atoms with Crippen molar-refractivity contribution in [3.63, 3.8) is 0 Å². The summed E-state index contributed by atoms with van der Waals surface area (Å²) in [4.78, 5) is 45.5. The van der Waals surface area contributed by atoms with Crippen LogP contribution in [-0.2, 0) is 0 Å². The van der Waals surface area contributed by atoms with Crippen LogP contribution in [0, 0.1) is 0 Å². The van der Waals surface area contributed by atoms with Gasteiger partial charge < -0.3 is 13.7 Å². The molecule has 15 nitrogen and oxygen atoms in total. The largest absolute Gasteiger partial charge is 0.309 e. The third-order valence-corrected chi connectivity index (χ3v) is 28.7. The molecule has 0 bridgehead atoms. The van der Waals surface area contributed by atoms with E-state index in [0.29, 0.717) is 17.5 Å². The van der Waals surface area contributed by atoms with Crippen LogP contribution in [0.5, 0.6) is 0 Å². The zero-order chi connectivity index (χ0) is 99.1. The summed E-state index contributed by atoms with van der Waals surface area (Å²) in [7, 11) is 0. The van der Waals surface area contributed by atoms with E-state index < -0.39 is 0 Å². The minimum atomic E-state index is 0.641. The van der Waals surface area contributed by atoms with Crippen molar-refractivity contribution >= 4 is 131 Å². The molecular formula is C135H87N15. The van der Waals surface area contributed by atoms with Gasteiger partial charge in [-0.2, -0.15) is 0 Å². The number of hydrogen-bond acceptors (Lipinski definition) is 9. The number of nitrogens with zero attached hydrogens (tertiary/aromatic N) is 15. The van der Waals surface area contributed by atoms with Crippen LogP contribution in [0.25, 0.3) is 267 Å². The number of hydrogen-bond donors (Lipinski definition) is 0. The summed E-state index contributed by atoms with van der Waals surface area (Å²) in [6.45, 7) is 0. The van der Waals surface area contributed by atoms with Gasteiger partial charge in [0.25, 0.3) is 0 Å². The maximum atomic E-state index is 5.11. The molecule has 0 atom stereocenters. The van der Waals surface area contributed by atoms with Gasteiger partial charge >= 0.3 is 0 Å². The zero-order valence-corrected chi connectivity index (χ0v) is 80.9. The van der Waals surface area contributed by atoms with Crippen LogP contribution in [-0.4, -0.2) is 72.3 Å². The Kier molecular flexibility index (Phi) is 21.5. The van der Waals surface area contributed by atoms with Crippen LogP contribution in [0.3, 0.4) is 0 Å². The maximum Gasteiger partial charge on any atom is 0.161 e. The van der Waals surface area contributed by atoms with Crippen LogP contribution in [0.2, 0.25) is 0 Å². The third-order valence-electron chi connectivity index (χ3n) is 28.7. The molecule has 30 rings (SSSR count). The van der Waals surface area contributed by atoms with Crippen molar-refractivity contribution in [2.75, 3.05) is 0 Å². The topological polar surface area (TPSA) is 146 Å². The second-order valence-corrected chi connectivity index (χ2v) is 37.6. The summed E-state index contributed by atoms with van der Waals surface area (Å²) in [5, 5.41) is 14.4. The average molecular weight is 1920 g/mol. The monoisotopic (exact) mass is 1920 g/mol. The van der Waals surface area contributed by atoms with Gasteiger partial charge in [0.15, 0.2) is 17.5 Å². The molecule has 0 radical (unpaired) electrons.